The molecule has 1 saturated heterocycles. The first kappa shape index (κ1) is 19.5. The second-order valence-electron chi connectivity index (χ2n) is 5.60. The van der Waals surface area contributed by atoms with Crippen molar-refractivity contribution in [1.82, 2.24) is 5.32 Å². The Morgan fingerprint density at radius 1 is 0.964 bits per heavy atom. The molecule has 0 bridgehead atoms. The molecule has 0 saturated carbocycles. The van der Waals surface area contributed by atoms with Gasteiger partial charge in [0.2, 0.25) is 0 Å². The van der Waals surface area contributed by atoms with Crippen LogP contribution in [0.5, 0.6) is 17.2 Å². The molecule has 7 nitrogen and oxygen atoms in total. The van der Waals surface area contributed by atoms with Crippen LogP contribution >= 0.6 is 11.8 Å². The van der Waals surface area contributed by atoms with E-state index in [0.717, 1.165) is 16.9 Å². The molecule has 8 heteroatoms. The lowest BCUT2D eigenvalue weighted by atomic mass is 10.1. The summed E-state index contributed by atoms with van der Waals surface area (Å²) in [5.74, 6) is 1.83. The molecule has 0 aromatic heterocycles. The fourth-order valence-electron chi connectivity index (χ4n) is 2.39. The Labute approximate surface area is 167 Å². The van der Waals surface area contributed by atoms with Gasteiger partial charge >= 0.3 is 0 Å². The Bertz CT molecular complexity index is 952. The van der Waals surface area contributed by atoms with Crippen molar-refractivity contribution >= 4 is 35.1 Å². The van der Waals surface area contributed by atoms with E-state index in [9.17, 15) is 4.79 Å². The molecule has 0 unspecified atom stereocenters. The third-order valence-corrected chi connectivity index (χ3v) is 4.75. The zero-order valence-corrected chi connectivity index (χ0v) is 16.4. The number of carbonyl (C=O) groups excluding carboxylic acids is 1. The smallest absolute Gasteiger partial charge is 0.264 e. The number of rotatable bonds is 6. The third-order valence-electron chi connectivity index (χ3n) is 3.85. The normalized spacial score (nSPS) is 16.6. The molecule has 1 fully saturated rings. The highest BCUT2D eigenvalue weighted by Crippen LogP contribution is 2.31. The van der Waals surface area contributed by atoms with Crippen molar-refractivity contribution in [2.75, 3.05) is 21.3 Å². The van der Waals surface area contributed by atoms with E-state index in [1.165, 1.54) is 11.8 Å². The molecule has 144 valence electrons. The molecule has 1 heterocycles. The van der Waals surface area contributed by atoms with Crippen LogP contribution in [-0.2, 0) is 4.79 Å². The minimum Gasteiger partial charge on any atom is -0.497 e. The lowest BCUT2D eigenvalue weighted by Gasteiger charge is -2.07. The van der Waals surface area contributed by atoms with Gasteiger partial charge in [0.15, 0.2) is 5.17 Å². The summed E-state index contributed by atoms with van der Waals surface area (Å²) in [4.78, 5) is 12.7. The van der Waals surface area contributed by atoms with E-state index in [2.05, 4.69) is 15.5 Å². The number of thioether (sulfide) groups is 1. The summed E-state index contributed by atoms with van der Waals surface area (Å²) >= 11 is 1.21. The summed E-state index contributed by atoms with van der Waals surface area (Å²) in [5, 5.41) is 11.2. The van der Waals surface area contributed by atoms with E-state index in [-0.39, 0.29) is 5.91 Å². The van der Waals surface area contributed by atoms with Gasteiger partial charge in [0, 0.05) is 11.6 Å². The van der Waals surface area contributed by atoms with Gasteiger partial charge in [-0.05, 0) is 59.8 Å². The zero-order valence-electron chi connectivity index (χ0n) is 15.6. The van der Waals surface area contributed by atoms with Gasteiger partial charge in [-0.3, -0.25) is 10.1 Å². The number of hydrogen-bond acceptors (Lipinski definition) is 7. The third kappa shape index (κ3) is 4.72. The maximum Gasteiger partial charge on any atom is 0.264 e. The molecule has 2 aromatic rings. The average Bonchev–Trinajstić information content (AvgIpc) is 3.08. The van der Waals surface area contributed by atoms with Gasteiger partial charge < -0.3 is 14.2 Å². The maximum absolute atomic E-state index is 12.2. The van der Waals surface area contributed by atoms with Crippen molar-refractivity contribution in [1.29, 1.82) is 0 Å². The lowest BCUT2D eigenvalue weighted by molar-refractivity contribution is -0.115. The first-order chi connectivity index (χ1) is 13.6. The Hall–Kier alpha value is -3.26. The number of methoxy groups -OCH3 is 3. The van der Waals surface area contributed by atoms with E-state index in [0.29, 0.717) is 21.6 Å². The number of hydrogen-bond donors (Lipinski definition) is 1. The highest BCUT2D eigenvalue weighted by Gasteiger charge is 2.24. The first-order valence-corrected chi connectivity index (χ1v) is 9.12. The Kier molecular flexibility index (Phi) is 6.33. The number of nitrogens with zero attached hydrogens (tertiary/aromatic N) is 2. The molecular formula is C20H19N3O4S. The summed E-state index contributed by atoms with van der Waals surface area (Å²) in [5.41, 5.74) is 1.64. The molecule has 1 aliphatic heterocycles. The number of amides is 1. The second-order valence-corrected chi connectivity index (χ2v) is 6.63. The SMILES string of the molecule is COc1ccc(C=N/N=C2\NC(=O)C(=Cc3ccc(OC)cc3OC)S2)cc1. The van der Waals surface area contributed by atoms with Crippen LogP contribution in [0.15, 0.2) is 57.6 Å². The van der Waals surface area contributed by atoms with Gasteiger partial charge in [0.25, 0.3) is 5.91 Å². The largest absolute Gasteiger partial charge is 0.497 e. The van der Waals surface area contributed by atoms with Crippen LogP contribution in [0.3, 0.4) is 0 Å². The summed E-state index contributed by atoms with van der Waals surface area (Å²) in [7, 11) is 4.77. The fourth-order valence-corrected chi connectivity index (χ4v) is 3.16. The van der Waals surface area contributed by atoms with Crippen LogP contribution in [0.2, 0.25) is 0 Å². The van der Waals surface area contributed by atoms with Crippen LogP contribution in [0.25, 0.3) is 6.08 Å². The minimum absolute atomic E-state index is 0.235. The van der Waals surface area contributed by atoms with E-state index in [1.807, 2.05) is 30.3 Å². The van der Waals surface area contributed by atoms with Crippen LogP contribution in [0, 0.1) is 0 Å². The predicted octanol–water partition coefficient (Wildman–Crippen LogP) is 3.31. The van der Waals surface area contributed by atoms with E-state index in [4.69, 9.17) is 14.2 Å². The van der Waals surface area contributed by atoms with Crippen LogP contribution < -0.4 is 19.5 Å². The maximum atomic E-state index is 12.2. The first-order valence-electron chi connectivity index (χ1n) is 8.31. The van der Waals surface area contributed by atoms with Crippen LogP contribution in [-0.4, -0.2) is 38.6 Å². The van der Waals surface area contributed by atoms with Gasteiger partial charge in [0.05, 0.1) is 32.4 Å². The highest BCUT2D eigenvalue weighted by molar-refractivity contribution is 8.18. The minimum atomic E-state index is -0.235. The molecule has 28 heavy (non-hydrogen) atoms. The van der Waals surface area contributed by atoms with Crippen molar-refractivity contribution in [3.63, 3.8) is 0 Å². The summed E-state index contributed by atoms with van der Waals surface area (Å²) in [6.45, 7) is 0. The van der Waals surface area contributed by atoms with E-state index >= 15 is 0 Å². The van der Waals surface area contributed by atoms with Crippen molar-refractivity contribution in [3.8, 4) is 17.2 Å². The molecule has 2 aromatic carbocycles. The highest BCUT2D eigenvalue weighted by atomic mass is 32.2. The average molecular weight is 397 g/mol. The number of carbonyl (C=O) groups is 1. The Morgan fingerprint density at radius 3 is 2.36 bits per heavy atom. The standard InChI is InChI=1S/C20H19N3O4S/c1-25-15-7-4-13(5-8-15)12-21-23-20-22-19(24)18(28-20)10-14-6-9-16(26-2)11-17(14)27-3/h4-12H,1-3H3,(H,22,23,24). The summed E-state index contributed by atoms with van der Waals surface area (Å²) < 4.78 is 15.7. The second kappa shape index (κ2) is 9.09. The molecule has 0 aliphatic carbocycles. The predicted molar refractivity (Wildman–Crippen MR) is 111 cm³/mol. The number of nitrogens with one attached hydrogen (secondary N) is 1. The fraction of sp³-hybridized carbons (Fsp3) is 0.150. The molecular weight excluding hydrogens is 378 g/mol. The zero-order chi connectivity index (χ0) is 19.9. The number of ether oxygens (including phenoxy) is 3. The van der Waals surface area contributed by atoms with E-state index in [1.54, 1.807) is 45.8 Å². The molecule has 1 amide bonds. The summed E-state index contributed by atoms with van der Waals surface area (Å²) in [6, 6.07) is 12.8. The number of amidine groups is 1. The van der Waals surface area contributed by atoms with Gasteiger partial charge in [-0.1, -0.05) is 0 Å². The molecule has 0 spiro atoms. The number of benzene rings is 2. The van der Waals surface area contributed by atoms with E-state index < -0.39 is 0 Å². The quantitative estimate of drug-likeness (QED) is 0.459. The molecule has 1 aliphatic rings. The van der Waals surface area contributed by atoms with Gasteiger partial charge in [-0.25, -0.2) is 0 Å². The van der Waals surface area contributed by atoms with Crippen molar-refractivity contribution < 1.29 is 19.0 Å². The Morgan fingerprint density at radius 2 is 1.68 bits per heavy atom. The molecule has 1 N–H and O–H groups in total. The van der Waals surface area contributed by atoms with Crippen molar-refractivity contribution in [2.24, 2.45) is 10.2 Å². The van der Waals surface area contributed by atoms with Gasteiger partial charge in [-0.15, -0.1) is 5.10 Å². The van der Waals surface area contributed by atoms with Crippen molar-refractivity contribution in [2.45, 2.75) is 0 Å². The Balaban J connectivity index is 1.73. The lowest BCUT2D eigenvalue weighted by Crippen LogP contribution is -2.19. The molecule has 0 radical (unpaired) electrons. The summed E-state index contributed by atoms with van der Waals surface area (Å²) in [6.07, 6.45) is 3.35. The van der Waals surface area contributed by atoms with Gasteiger partial charge in [-0.2, -0.15) is 5.10 Å². The topological polar surface area (TPSA) is 81.5 Å². The van der Waals surface area contributed by atoms with Crippen molar-refractivity contribution in [3.05, 3.63) is 58.5 Å². The van der Waals surface area contributed by atoms with Crippen LogP contribution in [0.4, 0.5) is 0 Å². The van der Waals surface area contributed by atoms with Crippen LogP contribution in [0.1, 0.15) is 11.1 Å². The monoisotopic (exact) mass is 397 g/mol. The van der Waals surface area contributed by atoms with Gasteiger partial charge in [0.1, 0.15) is 17.2 Å². The molecule has 3 rings (SSSR count). The molecule has 0 atom stereocenters.